The highest BCUT2D eigenvalue weighted by Gasteiger charge is 2.18. The number of thiophene rings is 1. The second kappa shape index (κ2) is 7.42. The summed E-state index contributed by atoms with van der Waals surface area (Å²) in [4.78, 5) is 24.4. The van der Waals surface area contributed by atoms with E-state index in [4.69, 9.17) is 11.6 Å². The van der Waals surface area contributed by atoms with Crippen molar-refractivity contribution in [1.82, 2.24) is 5.32 Å². The van der Waals surface area contributed by atoms with Crippen LogP contribution in [0.5, 0.6) is 0 Å². The summed E-state index contributed by atoms with van der Waals surface area (Å²) in [5, 5.41) is 8.63. The smallest absolute Gasteiger partial charge is 0.256 e. The lowest BCUT2D eigenvalue weighted by molar-refractivity contribution is 0.0954. The molecule has 1 aromatic heterocycles. The fourth-order valence-electron chi connectivity index (χ4n) is 1.92. The number of amides is 2. The van der Waals surface area contributed by atoms with Crippen molar-refractivity contribution in [2.45, 2.75) is 20.3 Å². The fourth-order valence-corrected chi connectivity index (χ4v) is 2.98. The SMILES string of the molecule is CCCNC(=O)c1c(C)csc1NC(=O)c1ccc(Cl)cc1. The second-order valence-corrected chi connectivity index (χ2v) is 6.16. The monoisotopic (exact) mass is 336 g/mol. The van der Waals surface area contributed by atoms with E-state index in [0.717, 1.165) is 12.0 Å². The molecule has 4 nitrogen and oxygen atoms in total. The maximum atomic E-state index is 12.2. The average molecular weight is 337 g/mol. The summed E-state index contributed by atoms with van der Waals surface area (Å²) in [5.74, 6) is -0.421. The lowest BCUT2D eigenvalue weighted by Gasteiger charge is -2.08. The maximum absolute atomic E-state index is 12.2. The predicted molar refractivity (Wildman–Crippen MR) is 91.1 cm³/mol. The number of hydrogen-bond acceptors (Lipinski definition) is 3. The van der Waals surface area contributed by atoms with Crippen molar-refractivity contribution in [3.8, 4) is 0 Å². The van der Waals surface area contributed by atoms with Gasteiger partial charge in [0, 0.05) is 17.1 Å². The minimum Gasteiger partial charge on any atom is -0.352 e. The Morgan fingerprint density at radius 2 is 1.86 bits per heavy atom. The highest BCUT2D eigenvalue weighted by molar-refractivity contribution is 7.15. The van der Waals surface area contributed by atoms with Gasteiger partial charge in [-0.3, -0.25) is 9.59 Å². The third-order valence-corrected chi connectivity index (χ3v) is 4.34. The van der Waals surface area contributed by atoms with Crippen LogP contribution >= 0.6 is 22.9 Å². The molecule has 2 rings (SSSR count). The molecule has 1 aromatic carbocycles. The number of nitrogens with one attached hydrogen (secondary N) is 2. The van der Waals surface area contributed by atoms with E-state index in [1.165, 1.54) is 11.3 Å². The predicted octanol–water partition coefficient (Wildman–Crippen LogP) is 4.10. The van der Waals surface area contributed by atoms with Gasteiger partial charge in [0.1, 0.15) is 5.00 Å². The van der Waals surface area contributed by atoms with Crippen molar-refractivity contribution < 1.29 is 9.59 Å². The molecule has 0 radical (unpaired) electrons. The van der Waals surface area contributed by atoms with Gasteiger partial charge in [-0.1, -0.05) is 18.5 Å². The first kappa shape index (κ1) is 16.5. The van der Waals surface area contributed by atoms with Gasteiger partial charge in [-0.25, -0.2) is 0 Å². The van der Waals surface area contributed by atoms with Gasteiger partial charge in [-0.2, -0.15) is 0 Å². The molecule has 0 unspecified atom stereocenters. The Kier molecular flexibility index (Phi) is 5.57. The van der Waals surface area contributed by atoms with Gasteiger partial charge >= 0.3 is 0 Å². The molecule has 0 spiro atoms. The number of halogens is 1. The Morgan fingerprint density at radius 1 is 1.18 bits per heavy atom. The van der Waals surface area contributed by atoms with E-state index in [1.807, 2.05) is 19.2 Å². The Morgan fingerprint density at radius 3 is 2.50 bits per heavy atom. The van der Waals surface area contributed by atoms with Crippen molar-refractivity contribution in [1.29, 1.82) is 0 Å². The van der Waals surface area contributed by atoms with E-state index < -0.39 is 0 Å². The van der Waals surface area contributed by atoms with Crippen molar-refractivity contribution in [3.05, 3.63) is 51.4 Å². The molecule has 6 heteroatoms. The zero-order chi connectivity index (χ0) is 16.1. The molecule has 0 saturated heterocycles. The van der Waals surface area contributed by atoms with Crippen molar-refractivity contribution in [3.63, 3.8) is 0 Å². The molecular formula is C16H17ClN2O2S. The highest BCUT2D eigenvalue weighted by Crippen LogP contribution is 2.28. The average Bonchev–Trinajstić information content (AvgIpc) is 2.86. The molecule has 0 aliphatic heterocycles. The van der Waals surface area contributed by atoms with Crippen LogP contribution in [0.25, 0.3) is 0 Å². The zero-order valence-electron chi connectivity index (χ0n) is 12.4. The Hall–Kier alpha value is -1.85. The van der Waals surface area contributed by atoms with E-state index in [9.17, 15) is 9.59 Å². The van der Waals surface area contributed by atoms with Crippen molar-refractivity contribution in [2.24, 2.45) is 0 Å². The molecule has 22 heavy (non-hydrogen) atoms. The third kappa shape index (κ3) is 3.87. The van der Waals surface area contributed by atoms with Crippen LogP contribution in [0.15, 0.2) is 29.6 Å². The van der Waals surface area contributed by atoms with Crippen molar-refractivity contribution in [2.75, 3.05) is 11.9 Å². The van der Waals surface area contributed by atoms with Crippen LogP contribution in [0.2, 0.25) is 5.02 Å². The van der Waals surface area contributed by atoms with E-state index in [-0.39, 0.29) is 11.8 Å². The molecule has 2 aromatic rings. The molecule has 0 saturated carbocycles. The van der Waals surface area contributed by atoms with Gasteiger partial charge in [0.05, 0.1) is 5.56 Å². The van der Waals surface area contributed by atoms with Gasteiger partial charge in [0.15, 0.2) is 0 Å². The van der Waals surface area contributed by atoms with E-state index in [1.54, 1.807) is 24.3 Å². The van der Waals surface area contributed by atoms with Crippen LogP contribution < -0.4 is 10.6 Å². The number of rotatable bonds is 5. The van der Waals surface area contributed by atoms with Crippen LogP contribution in [0.4, 0.5) is 5.00 Å². The Balaban J connectivity index is 2.17. The molecule has 0 fully saturated rings. The van der Waals surface area contributed by atoms with Crippen LogP contribution in [-0.4, -0.2) is 18.4 Å². The number of benzene rings is 1. The summed E-state index contributed by atoms with van der Waals surface area (Å²) in [5.41, 5.74) is 1.88. The molecule has 116 valence electrons. The second-order valence-electron chi connectivity index (χ2n) is 4.84. The number of anilines is 1. The first-order valence-corrected chi connectivity index (χ1v) is 8.22. The molecule has 2 N–H and O–H groups in total. The minimum atomic E-state index is -0.261. The van der Waals surface area contributed by atoms with E-state index in [0.29, 0.717) is 27.7 Å². The molecular weight excluding hydrogens is 320 g/mol. The summed E-state index contributed by atoms with van der Waals surface area (Å²) >= 11 is 7.16. The van der Waals surface area contributed by atoms with E-state index in [2.05, 4.69) is 10.6 Å². The number of carbonyl (C=O) groups excluding carboxylic acids is 2. The molecule has 0 aliphatic rings. The standard InChI is InChI=1S/C16H17ClN2O2S/c1-3-8-18-15(21)13-10(2)9-22-16(13)19-14(20)11-4-6-12(17)7-5-11/h4-7,9H,3,8H2,1-2H3,(H,18,21)(H,19,20). The normalized spacial score (nSPS) is 10.3. The number of aryl methyl sites for hydroxylation is 1. The highest BCUT2D eigenvalue weighted by atomic mass is 35.5. The Labute approximate surface area is 138 Å². The Bertz CT molecular complexity index is 680. The van der Waals surface area contributed by atoms with Crippen molar-refractivity contribution >= 4 is 39.8 Å². The first-order valence-electron chi connectivity index (χ1n) is 6.96. The van der Waals surface area contributed by atoms with Gasteiger partial charge in [0.2, 0.25) is 0 Å². The van der Waals surface area contributed by atoms with Gasteiger partial charge < -0.3 is 10.6 Å². The van der Waals surface area contributed by atoms with Crippen LogP contribution in [-0.2, 0) is 0 Å². The number of hydrogen-bond donors (Lipinski definition) is 2. The summed E-state index contributed by atoms with van der Waals surface area (Å²) in [6, 6.07) is 6.61. The summed E-state index contributed by atoms with van der Waals surface area (Å²) < 4.78 is 0. The first-order chi connectivity index (χ1) is 10.5. The zero-order valence-corrected chi connectivity index (χ0v) is 14.0. The van der Waals surface area contributed by atoms with Crippen LogP contribution in [0, 0.1) is 6.92 Å². The van der Waals surface area contributed by atoms with Crippen LogP contribution in [0.3, 0.4) is 0 Å². The molecule has 0 atom stereocenters. The van der Waals surface area contributed by atoms with Gasteiger partial charge in [-0.05, 0) is 48.6 Å². The fraction of sp³-hybridized carbons (Fsp3) is 0.250. The third-order valence-electron chi connectivity index (χ3n) is 3.07. The number of carbonyl (C=O) groups is 2. The quantitative estimate of drug-likeness (QED) is 0.863. The maximum Gasteiger partial charge on any atom is 0.256 e. The lowest BCUT2D eigenvalue weighted by Crippen LogP contribution is -2.25. The molecule has 2 amide bonds. The van der Waals surface area contributed by atoms with Crippen LogP contribution in [0.1, 0.15) is 39.6 Å². The topological polar surface area (TPSA) is 58.2 Å². The lowest BCUT2D eigenvalue weighted by atomic mass is 10.1. The van der Waals surface area contributed by atoms with E-state index >= 15 is 0 Å². The minimum absolute atomic E-state index is 0.160. The molecule has 0 bridgehead atoms. The van der Waals surface area contributed by atoms with Gasteiger partial charge in [-0.15, -0.1) is 11.3 Å². The summed E-state index contributed by atoms with van der Waals surface area (Å²) in [6.07, 6.45) is 0.862. The molecule has 1 heterocycles. The summed E-state index contributed by atoms with van der Waals surface area (Å²) in [7, 11) is 0. The molecule has 0 aliphatic carbocycles. The summed E-state index contributed by atoms with van der Waals surface area (Å²) in [6.45, 7) is 4.46. The van der Waals surface area contributed by atoms with Gasteiger partial charge in [0.25, 0.3) is 11.8 Å². The largest absolute Gasteiger partial charge is 0.352 e.